The van der Waals surface area contributed by atoms with Crippen molar-refractivity contribution in [2.75, 3.05) is 12.3 Å². The molecule has 0 aromatic heterocycles. The molecule has 0 bridgehead atoms. The minimum atomic E-state index is -4.06. The molecule has 8 heteroatoms. The van der Waals surface area contributed by atoms with E-state index in [1.807, 2.05) is 0 Å². The average molecular weight is 792 g/mol. The van der Waals surface area contributed by atoms with Crippen molar-refractivity contribution < 1.29 is 27.3 Å². The van der Waals surface area contributed by atoms with Crippen LogP contribution in [0.25, 0.3) is 0 Å². The summed E-state index contributed by atoms with van der Waals surface area (Å²) in [5.41, 5.74) is 0.675. The molecule has 4 aliphatic rings. The van der Waals surface area contributed by atoms with Crippen LogP contribution >= 0.6 is 0 Å². The predicted molar refractivity (Wildman–Crippen MR) is 226 cm³/mol. The van der Waals surface area contributed by atoms with Gasteiger partial charge < -0.3 is 10.1 Å². The molecule has 0 heterocycles. The van der Waals surface area contributed by atoms with Crippen molar-refractivity contribution >= 4 is 22.0 Å². The van der Waals surface area contributed by atoms with E-state index >= 15 is 0 Å². The monoisotopic (exact) mass is 792 g/mol. The van der Waals surface area contributed by atoms with E-state index in [0.29, 0.717) is 41.4 Å². The van der Waals surface area contributed by atoms with Gasteiger partial charge in [0.25, 0.3) is 10.1 Å². The van der Waals surface area contributed by atoms with Gasteiger partial charge in [0.1, 0.15) is 6.10 Å². The van der Waals surface area contributed by atoms with Crippen LogP contribution in [0.2, 0.25) is 0 Å². The number of rotatable bonds is 27. The third-order valence-electron chi connectivity index (χ3n) is 15.9. The highest BCUT2D eigenvalue weighted by molar-refractivity contribution is 7.85. The minimum Gasteiger partial charge on any atom is -0.462 e. The second-order valence-corrected chi connectivity index (χ2v) is 21.3. The third-order valence-corrected chi connectivity index (χ3v) is 16.6. The summed E-state index contributed by atoms with van der Waals surface area (Å²) in [5.74, 6) is 3.50. The molecular weight excluding hydrogens is 707 g/mol. The first kappa shape index (κ1) is 46.5. The lowest BCUT2D eigenvalue weighted by molar-refractivity contribution is -0.162. The second kappa shape index (κ2) is 23.4. The molecule has 9 atom stereocenters. The molecule has 4 fully saturated rings. The van der Waals surface area contributed by atoms with E-state index in [1.165, 1.54) is 148 Å². The maximum Gasteiger partial charge on any atom is 0.306 e. The molecular formula is C47H85NO6S. The van der Waals surface area contributed by atoms with Crippen molar-refractivity contribution in [2.24, 2.45) is 46.3 Å². The van der Waals surface area contributed by atoms with Gasteiger partial charge in [0.2, 0.25) is 5.91 Å². The van der Waals surface area contributed by atoms with E-state index in [1.54, 1.807) is 0 Å². The highest BCUT2D eigenvalue weighted by Gasteiger charge is 2.60. The Morgan fingerprint density at radius 3 is 1.84 bits per heavy atom. The Hall–Kier alpha value is -1.15. The number of esters is 1. The van der Waals surface area contributed by atoms with Crippen molar-refractivity contribution in [3.63, 3.8) is 0 Å². The van der Waals surface area contributed by atoms with Gasteiger partial charge in [-0.05, 0) is 117 Å². The number of nitrogens with one attached hydrogen (secondary N) is 1. The van der Waals surface area contributed by atoms with Crippen molar-refractivity contribution in [1.29, 1.82) is 0 Å². The van der Waals surface area contributed by atoms with E-state index in [0.717, 1.165) is 49.9 Å². The second-order valence-electron chi connectivity index (χ2n) is 19.7. The van der Waals surface area contributed by atoms with Crippen LogP contribution < -0.4 is 5.32 Å². The summed E-state index contributed by atoms with van der Waals surface area (Å²) in [6.07, 6.45) is 37.3. The lowest BCUT2D eigenvalue weighted by Gasteiger charge is -2.61. The Bertz CT molecular complexity index is 1240. The number of amides is 1. The van der Waals surface area contributed by atoms with Crippen LogP contribution in [0, 0.1) is 46.3 Å². The van der Waals surface area contributed by atoms with Crippen LogP contribution in [-0.2, 0) is 24.4 Å². The topological polar surface area (TPSA) is 110 Å². The van der Waals surface area contributed by atoms with E-state index in [4.69, 9.17) is 9.29 Å². The molecule has 9 unspecified atom stereocenters. The molecule has 0 aromatic rings. The van der Waals surface area contributed by atoms with Gasteiger partial charge in [-0.25, -0.2) is 0 Å². The maximum atomic E-state index is 12.9. The zero-order chi connectivity index (χ0) is 39.7. The molecule has 2 N–H and O–H groups in total. The van der Waals surface area contributed by atoms with Crippen LogP contribution in [0.3, 0.4) is 0 Å². The maximum absolute atomic E-state index is 12.9. The van der Waals surface area contributed by atoms with E-state index in [-0.39, 0.29) is 24.5 Å². The summed E-state index contributed by atoms with van der Waals surface area (Å²) in [4.78, 5) is 25.3. The molecule has 4 aliphatic carbocycles. The van der Waals surface area contributed by atoms with Crippen LogP contribution in [0.4, 0.5) is 0 Å². The number of fused-ring (bicyclic) bond motifs is 5. The number of ether oxygens (including phenoxy) is 1. The first-order valence-electron chi connectivity index (χ1n) is 23.8. The fourth-order valence-electron chi connectivity index (χ4n) is 12.7. The summed E-state index contributed by atoms with van der Waals surface area (Å²) in [5, 5.41) is 2.66. The summed E-state index contributed by atoms with van der Waals surface area (Å²) < 4.78 is 37.0. The molecule has 4 saturated carbocycles. The van der Waals surface area contributed by atoms with E-state index < -0.39 is 15.9 Å². The predicted octanol–water partition coefficient (Wildman–Crippen LogP) is 12.4. The summed E-state index contributed by atoms with van der Waals surface area (Å²) in [6.45, 7) is 9.71. The highest BCUT2D eigenvalue weighted by Crippen LogP contribution is 2.68. The van der Waals surface area contributed by atoms with Gasteiger partial charge in [0, 0.05) is 19.4 Å². The molecule has 0 saturated heterocycles. The van der Waals surface area contributed by atoms with Crippen molar-refractivity contribution in [3.8, 4) is 0 Å². The first-order valence-corrected chi connectivity index (χ1v) is 25.4. The molecule has 1 amide bonds. The molecule has 0 spiro atoms. The fourth-order valence-corrected chi connectivity index (χ4v) is 13.0. The molecule has 7 nitrogen and oxygen atoms in total. The Balaban J connectivity index is 1.05. The van der Waals surface area contributed by atoms with Crippen LogP contribution in [0.5, 0.6) is 0 Å². The number of carbonyl (C=O) groups excluding carboxylic acids is 2. The van der Waals surface area contributed by atoms with Crippen LogP contribution in [0.15, 0.2) is 0 Å². The number of unbranched alkanes of at least 4 members (excludes halogenated alkanes) is 17. The lowest BCUT2D eigenvalue weighted by atomic mass is 9.44. The summed E-state index contributed by atoms with van der Waals surface area (Å²) in [6, 6.07) is 0. The third kappa shape index (κ3) is 14.6. The zero-order valence-electron chi connectivity index (χ0n) is 36.1. The van der Waals surface area contributed by atoms with Gasteiger partial charge in [-0.3, -0.25) is 14.1 Å². The van der Waals surface area contributed by atoms with Gasteiger partial charge in [0.15, 0.2) is 0 Å². The standard InChI is InChI=1S/C47H85NO6S/c1-5-6-7-8-9-10-11-12-13-14-15-16-17-18-19-20-21-22-23-45(50)54-39-30-32-46(3)38(36-39)25-26-40-42-28-27-41(47(42,4)33-31-43(40)46)37(2)24-29-44(49)48-34-35-55(51,52)53/h37-43H,5-36H2,1-4H3,(H,48,49)(H,51,52,53). The van der Waals surface area contributed by atoms with Gasteiger partial charge in [-0.2, -0.15) is 8.42 Å². The smallest absolute Gasteiger partial charge is 0.306 e. The summed E-state index contributed by atoms with van der Waals surface area (Å²) >= 11 is 0. The highest BCUT2D eigenvalue weighted by atomic mass is 32.2. The lowest BCUT2D eigenvalue weighted by Crippen LogP contribution is -2.54. The van der Waals surface area contributed by atoms with E-state index in [9.17, 15) is 18.0 Å². The van der Waals surface area contributed by atoms with Crippen LogP contribution in [-0.4, -0.2) is 43.2 Å². The molecule has 4 rings (SSSR count). The van der Waals surface area contributed by atoms with Gasteiger partial charge in [-0.1, -0.05) is 137 Å². The Morgan fingerprint density at radius 1 is 0.709 bits per heavy atom. The Kier molecular flexibility index (Phi) is 19.8. The fraction of sp³-hybridized carbons (Fsp3) is 0.957. The minimum absolute atomic E-state index is 0.0360. The molecule has 320 valence electrons. The Labute approximate surface area is 338 Å². The largest absolute Gasteiger partial charge is 0.462 e. The molecule has 0 aliphatic heterocycles. The zero-order valence-corrected chi connectivity index (χ0v) is 36.9. The van der Waals surface area contributed by atoms with Gasteiger partial charge >= 0.3 is 5.97 Å². The quantitative estimate of drug-likeness (QED) is 0.0487. The molecule has 55 heavy (non-hydrogen) atoms. The normalized spacial score (nSPS) is 30.9. The van der Waals surface area contributed by atoms with Crippen molar-refractivity contribution in [3.05, 3.63) is 0 Å². The van der Waals surface area contributed by atoms with E-state index in [2.05, 4.69) is 33.0 Å². The van der Waals surface area contributed by atoms with Crippen LogP contribution in [0.1, 0.15) is 220 Å². The molecule has 0 radical (unpaired) electrons. The van der Waals surface area contributed by atoms with Gasteiger partial charge in [-0.15, -0.1) is 0 Å². The SMILES string of the molecule is CCCCCCCCCCCCCCCCCCCCC(=O)OC1CCC2(C)C(CCC3C2CCC2(C)C(C(C)CCC(=O)NCCS(=O)(=O)O)CCC32)C1. The number of carbonyl (C=O) groups is 2. The number of hydrogen-bond acceptors (Lipinski definition) is 5. The van der Waals surface area contributed by atoms with Crippen molar-refractivity contribution in [2.45, 2.75) is 226 Å². The first-order chi connectivity index (χ1) is 26.4. The average Bonchev–Trinajstić information content (AvgIpc) is 3.50. The van der Waals surface area contributed by atoms with Crippen molar-refractivity contribution in [1.82, 2.24) is 5.32 Å². The molecule has 0 aromatic carbocycles. The number of hydrogen-bond donors (Lipinski definition) is 2. The Morgan fingerprint density at radius 2 is 1.25 bits per heavy atom. The summed E-state index contributed by atoms with van der Waals surface area (Å²) in [7, 11) is -4.06. The van der Waals surface area contributed by atoms with Gasteiger partial charge in [0.05, 0.1) is 5.75 Å².